The first-order chi connectivity index (χ1) is 7.88. The van der Waals surface area contributed by atoms with E-state index in [0.29, 0.717) is 6.54 Å². The van der Waals surface area contributed by atoms with Crippen LogP contribution in [0.5, 0.6) is 0 Å². The zero-order valence-corrected chi connectivity index (χ0v) is 10.7. The normalized spacial score (nSPS) is 10.1. The number of carbonyl (C=O) groups excluding carboxylic acids is 1. The Morgan fingerprint density at radius 3 is 2.53 bits per heavy atom. The summed E-state index contributed by atoms with van der Waals surface area (Å²) in [5.41, 5.74) is -0.220. The van der Waals surface area contributed by atoms with E-state index in [0.717, 1.165) is 12.1 Å². The summed E-state index contributed by atoms with van der Waals surface area (Å²) in [5, 5.41) is 10.7. The van der Waals surface area contributed by atoms with Gasteiger partial charge in [-0.3, -0.25) is 14.9 Å². The Morgan fingerprint density at radius 2 is 2.06 bits per heavy atom. The standard InChI is InChI=1S/C10H10Cl2N2O3/c1-3-13(2)10(15)7-4-6(14(16)17)5-8(11)9(7)12/h4-5H,3H2,1-2H3. The van der Waals surface area contributed by atoms with Gasteiger partial charge in [-0.05, 0) is 6.92 Å². The van der Waals surface area contributed by atoms with Crippen molar-refractivity contribution in [3.05, 3.63) is 37.9 Å². The van der Waals surface area contributed by atoms with Gasteiger partial charge in [0.15, 0.2) is 0 Å². The molecule has 0 radical (unpaired) electrons. The number of nitrogens with zero attached hydrogens (tertiary/aromatic N) is 2. The van der Waals surface area contributed by atoms with Crippen LogP contribution in [0, 0.1) is 10.1 Å². The second-order valence-electron chi connectivity index (χ2n) is 3.37. The molecule has 0 N–H and O–H groups in total. The number of carbonyl (C=O) groups is 1. The molecule has 1 aromatic carbocycles. The Bertz CT molecular complexity index is 477. The van der Waals surface area contributed by atoms with Crippen LogP contribution < -0.4 is 0 Å². The largest absolute Gasteiger partial charge is 0.342 e. The highest BCUT2D eigenvalue weighted by Crippen LogP contribution is 2.31. The molecule has 1 amide bonds. The van der Waals surface area contributed by atoms with Crippen molar-refractivity contribution in [3.8, 4) is 0 Å². The first-order valence-electron chi connectivity index (χ1n) is 4.77. The van der Waals surface area contributed by atoms with Crippen LogP contribution in [0.2, 0.25) is 10.0 Å². The van der Waals surface area contributed by atoms with Gasteiger partial charge in [-0.25, -0.2) is 0 Å². The quantitative estimate of drug-likeness (QED) is 0.630. The van der Waals surface area contributed by atoms with Gasteiger partial charge in [0.25, 0.3) is 11.6 Å². The zero-order valence-electron chi connectivity index (χ0n) is 9.24. The molecule has 0 heterocycles. The predicted octanol–water partition coefficient (Wildman–Crippen LogP) is 2.99. The number of hydrogen-bond donors (Lipinski definition) is 0. The molecule has 0 fully saturated rings. The molecule has 1 aromatic rings. The second-order valence-corrected chi connectivity index (χ2v) is 4.15. The van der Waals surface area contributed by atoms with Crippen LogP contribution in [-0.4, -0.2) is 29.3 Å². The molecule has 0 bridgehead atoms. The van der Waals surface area contributed by atoms with Crippen LogP contribution in [0.4, 0.5) is 5.69 Å². The monoisotopic (exact) mass is 276 g/mol. The van der Waals surface area contributed by atoms with Gasteiger partial charge in [-0.15, -0.1) is 0 Å². The van der Waals surface area contributed by atoms with Gasteiger partial charge in [0.05, 0.1) is 20.5 Å². The second kappa shape index (κ2) is 5.33. The SMILES string of the molecule is CCN(C)C(=O)c1cc([N+](=O)[O-])cc(Cl)c1Cl. The molecule has 0 saturated heterocycles. The van der Waals surface area contributed by atoms with Gasteiger partial charge < -0.3 is 4.90 Å². The van der Waals surface area contributed by atoms with E-state index in [9.17, 15) is 14.9 Å². The lowest BCUT2D eigenvalue weighted by Gasteiger charge is -2.15. The minimum Gasteiger partial charge on any atom is -0.342 e. The number of nitro benzene ring substituents is 1. The maximum absolute atomic E-state index is 11.9. The molecular formula is C10H10Cl2N2O3. The number of halogens is 2. The van der Waals surface area contributed by atoms with E-state index in [1.54, 1.807) is 14.0 Å². The fraction of sp³-hybridized carbons (Fsp3) is 0.300. The summed E-state index contributed by atoms with van der Waals surface area (Å²) >= 11 is 11.6. The van der Waals surface area contributed by atoms with Crippen molar-refractivity contribution in [1.29, 1.82) is 0 Å². The highest BCUT2D eigenvalue weighted by atomic mass is 35.5. The summed E-state index contributed by atoms with van der Waals surface area (Å²) in [7, 11) is 1.57. The van der Waals surface area contributed by atoms with Crippen LogP contribution in [0.15, 0.2) is 12.1 Å². The van der Waals surface area contributed by atoms with E-state index >= 15 is 0 Å². The molecule has 1 rings (SSSR count). The lowest BCUT2D eigenvalue weighted by atomic mass is 10.1. The lowest BCUT2D eigenvalue weighted by molar-refractivity contribution is -0.384. The highest BCUT2D eigenvalue weighted by molar-refractivity contribution is 6.44. The number of non-ortho nitro benzene ring substituents is 1. The molecule has 17 heavy (non-hydrogen) atoms. The average Bonchev–Trinajstić information content (AvgIpc) is 2.30. The Balaban J connectivity index is 3.32. The number of rotatable bonds is 3. The maximum Gasteiger partial charge on any atom is 0.271 e. The summed E-state index contributed by atoms with van der Waals surface area (Å²) in [5.74, 6) is -0.400. The van der Waals surface area contributed by atoms with E-state index in [1.165, 1.54) is 4.90 Å². The van der Waals surface area contributed by atoms with Crippen molar-refractivity contribution < 1.29 is 9.72 Å². The molecule has 0 aromatic heterocycles. The molecule has 0 aliphatic rings. The Kier molecular flexibility index (Phi) is 4.31. The Hall–Kier alpha value is -1.33. The van der Waals surface area contributed by atoms with Crippen molar-refractivity contribution in [2.24, 2.45) is 0 Å². The van der Waals surface area contributed by atoms with E-state index in [4.69, 9.17) is 23.2 Å². The molecule has 0 aliphatic carbocycles. The third kappa shape index (κ3) is 2.87. The van der Waals surface area contributed by atoms with Gasteiger partial charge in [-0.1, -0.05) is 23.2 Å². The van der Waals surface area contributed by atoms with Gasteiger partial charge in [0, 0.05) is 25.7 Å². The fourth-order valence-corrected chi connectivity index (χ4v) is 1.59. The van der Waals surface area contributed by atoms with E-state index in [1.807, 2.05) is 0 Å². The summed E-state index contributed by atoms with van der Waals surface area (Å²) in [6, 6.07) is 2.25. The zero-order chi connectivity index (χ0) is 13.2. The van der Waals surface area contributed by atoms with Gasteiger partial charge in [0.1, 0.15) is 0 Å². The van der Waals surface area contributed by atoms with E-state index < -0.39 is 10.8 Å². The molecule has 0 saturated carbocycles. The maximum atomic E-state index is 11.9. The smallest absolute Gasteiger partial charge is 0.271 e. The van der Waals surface area contributed by atoms with Crippen LogP contribution in [-0.2, 0) is 0 Å². The van der Waals surface area contributed by atoms with Crippen molar-refractivity contribution in [2.75, 3.05) is 13.6 Å². The number of amides is 1. The number of hydrogen-bond acceptors (Lipinski definition) is 3. The van der Waals surface area contributed by atoms with Crippen LogP contribution in [0.3, 0.4) is 0 Å². The summed E-state index contributed by atoms with van der Waals surface area (Å²) in [4.78, 5) is 23.3. The van der Waals surface area contributed by atoms with Gasteiger partial charge in [-0.2, -0.15) is 0 Å². The summed E-state index contributed by atoms with van der Waals surface area (Å²) in [6.45, 7) is 2.25. The van der Waals surface area contributed by atoms with Crippen molar-refractivity contribution in [2.45, 2.75) is 6.92 Å². The lowest BCUT2D eigenvalue weighted by Crippen LogP contribution is -2.26. The summed E-state index contributed by atoms with van der Waals surface area (Å²) in [6.07, 6.45) is 0. The van der Waals surface area contributed by atoms with Gasteiger partial charge in [0.2, 0.25) is 0 Å². The molecule has 92 valence electrons. The highest BCUT2D eigenvalue weighted by Gasteiger charge is 2.21. The fourth-order valence-electron chi connectivity index (χ4n) is 1.19. The third-order valence-electron chi connectivity index (χ3n) is 2.28. The molecule has 7 heteroatoms. The molecule has 0 spiro atoms. The number of nitro groups is 1. The summed E-state index contributed by atoms with van der Waals surface area (Å²) < 4.78 is 0. The molecule has 0 unspecified atom stereocenters. The third-order valence-corrected chi connectivity index (χ3v) is 3.08. The Labute approximate surface area is 108 Å². The minimum atomic E-state index is -0.620. The van der Waals surface area contributed by atoms with Crippen molar-refractivity contribution >= 4 is 34.8 Å². The van der Waals surface area contributed by atoms with Crippen LogP contribution in [0.25, 0.3) is 0 Å². The predicted molar refractivity (Wildman–Crippen MR) is 65.8 cm³/mol. The van der Waals surface area contributed by atoms with E-state index in [-0.39, 0.29) is 21.3 Å². The topological polar surface area (TPSA) is 63.5 Å². The van der Waals surface area contributed by atoms with Crippen LogP contribution >= 0.6 is 23.2 Å². The van der Waals surface area contributed by atoms with E-state index in [2.05, 4.69) is 0 Å². The first-order valence-corrected chi connectivity index (χ1v) is 5.53. The minimum absolute atomic E-state index is 0.00582. The van der Waals surface area contributed by atoms with Crippen molar-refractivity contribution in [1.82, 2.24) is 4.90 Å². The molecule has 0 atom stereocenters. The molecule has 0 aliphatic heterocycles. The average molecular weight is 277 g/mol. The Morgan fingerprint density at radius 1 is 1.47 bits per heavy atom. The van der Waals surface area contributed by atoms with Crippen LogP contribution in [0.1, 0.15) is 17.3 Å². The number of benzene rings is 1. The first kappa shape index (κ1) is 13.7. The van der Waals surface area contributed by atoms with Gasteiger partial charge >= 0.3 is 0 Å². The molecule has 5 nitrogen and oxygen atoms in total. The van der Waals surface area contributed by atoms with Crippen molar-refractivity contribution in [3.63, 3.8) is 0 Å². The molecular weight excluding hydrogens is 267 g/mol.